The molecule has 0 bridgehead atoms. The first-order valence-electron chi connectivity index (χ1n) is 10.5. The number of aromatic nitrogens is 1. The molecule has 0 aliphatic heterocycles. The average molecular weight is 454 g/mol. The molecule has 2 amide bonds. The third kappa shape index (κ3) is 5.16. The lowest BCUT2D eigenvalue weighted by Crippen LogP contribution is -2.26. The number of benzene rings is 2. The van der Waals surface area contributed by atoms with Gasteiger partial charge in [-0.15, -0.1) is 0 Å². The Bertz CT molecular complexity index is 1380. The summed E-state index contributed by atoms with van der Waals surface area (Å²) in [4.78, 5) is 25.2. The van der Waals surface area contributed by atoms with Crippen molar-refractivity contribution in [1.29, 1.82) is 5.26 Å². The Hall–Kier alpha value is -4.77. The molecular weight excluding hydrogens is 432 g/mol. The number of nitrogens with zero attached hydrogens (tertiary/aromatic N) is 2. The normalized spacial score (nSPS) is 11.1. The van der Waals surface area contributed by atoms with Crippen LogP contribution in [-0.4, -0.2) is 23.5 Å². The highest BCUT2D eigenvalue weighted by molar-refractivity contribution is 6.10. The Balaban J connectivity index is 1.54. The lowest BCUT2D eigenvalue weighted by molar-refractivity contribution is -0.121. The molecule has 0 aliphatic carbocycles. The van der Waals surface area contributed by atoms with Crippen LogP contribution < -0.4 is 15.4 Å². The van der Waals surface area contributed by atoms with Gasteiger partial charge in [-0.2, -0.15) is 5.26 Å². The fraction of sp³-hybridized carbons (Fsp3) is 0.115. The van der Waals surface area contributed by atoms with E-state index < -0.39 is 5.91 Å². The zero-order valence-corrected chi connectivity index (χ0v) is 18.4. The number of methoxy groups -OCH3 is 1. The van der Waals surface area contributed by atoms with Crippen LogP contribution >= 0.6 is 0 Å². The summed E-state index contributed by atoms with van der Waals surface area (Å²) in [7, 11) is 1.56. The van der Waals surface area contributed by atoms with Gasteiger partial charge in [-0.05, 0) is 48.5 Å². The lowest BCUT2D eigenvalue weighted by Gasteiger charge is -2.06. The minimum atomic E-state index is -0.527. The molecule has 0 fully saturated rings. The largest absolute Gasteiger partial charge is 0.497 e. The van der Waals surface area contributed by atoms with E-state index in [1.165, 1.54) is 6.08 Å². The van der Waals surface area contributed by atoms with Crippen LogP contribution in [0, 0.1) is 11.3 Å². The molecule has 4 aromatic rings. The number of carbonyl (C=O) groups excluding carboxylic acids is 2. The van der Waals surface area contributed by atoms with E-state index in [1.54, 1.807) is 60.5 Å². The first-order valence-corrected chi connectivity index (χ1v) is 10.5. The molecule has 0 spiro atoms. The zero-order chi connectivity index (χ0) is 23.9. The summed E-state index contributed by atoms with van der Waals surface area (Å²) in [5.74, 6) is 0.608. The molecule has 34 heavy (non-hydrogen) atoms. The van der Waals surface area contributed by atoms with Crippen LogP contribution in [0.25, 0.3) is 17.0 Å². The third-order valence-corrected chi connectivity index (χ3v) is 5.19. The average Bonchev–Trinajstić information content (AvgIpc) is 3.50. The number of hydrogen-bond acceptors (Lipinski definition) is 5. The SMILES string of the molecule is COc1ccc(NC(=O)/C(C#N)=C/c2cn(CC(=O)NCc3ccco3)c3ccccc23)cc1. The van der Waals surface area contributed by atoms with Gasteiger partial charge < -0.3 is 24.4 Å². The summed E-state index contributed by atoms with van der Waals surface area (Å²) in [5, 5.41) is 16.0. The predicted octanol–water partition coefficient (Wildman–Crippen LogP) is 4.10. The number of nitrogens with one attached hydrogen (secondary N) is 2. The van der Waals surface area contributed by atoms with E-state index in [9.17, 15) is 14.9 Å². The van der Waals surface area contributed by atoms with Crippen molar-refractivity contribution in [3.05, 3.63) is 90.0 Å². The van der Waals surface area contributed by atoms with Gasteiger partial charge in [-0.1, -0.05) is 18.2 Å². The van der Waals surface area contributed by atoms with Crippen molar-refractivity contribution in [3.8, 4) is 11.8 Å². The molecule has 8 heteroatoms. The van der Waals surface area contributed by atoms with Gasteiger partial charge in [0, 0.05) is 28.4 Å². The summed E-state index contributed by atoms with van der Waals surface area (Å²) in [6, 6.07) is 19.8. The number of anilines is 1. The quantitative estimate of drug-likeness (QED) is 0.308. The van der Waals surface area contributed by atoms with Gasteiger partial charge >= 0.3 is 0 Å². The van der Waals surface area contributed by atoms with Crippen molar-refractivity contribution in [3.63, 3.8) is 0 Å². The van der Waals surface area contributed by atoms with E-state index in [-0.39, 0.29) is 18.0 Å². The number of nitriles is 1. The van der Waals surface area contributed by atoms with Gasteiger partial charge in [0.2, 0.25) is 5.91 Å². The van der Waals surface area contributed by atoms with Gasteiger partial charge in [0.15, 0.2) is 0 Å². The van der Waals surface area contributed by atoms with E-state index in [0.29, 0.717) is 29.3 Å². The van der Waals surface area contributed by atoms with Crippen LogP contribution in [0.15, 0.2) is 83.1 Å². The third-order valence-electron chi connectivity index (χ3n) is 5.19. The number of furan rings is 1. The molecule has 4 rings (SSSR count). The first-order chi connectivity index (χ1) is 16.6. The maximum Gasteiger partial charge on any atom is 0.266 e. The second-order valence-electron chi connectivity index (χ2n) is 7.44. The lowest BCUT2D eigenvalue weighted by atomic mass is 10.1. The highest BCUT2D eigenvalue weighted by Crippen LogP contribution is 2.24. The Morgan fingerprint density at radius 3 is 2.62 bits per heavy atom. The molecule has 0 saturated heterocycles. The molecule has 8 nitrogen and oxygen atoms in total. The van der Waals surface area contributed by atoms with Crippen LogP contribution in [0.5, 0.6) is 5.75 Å². The number of amides is 2. The topological polar surface area (TPSA) is 109 Å². The second kappa shape index (κ2) is 10.2. The number of para-hydroxylation sites is 1. The van der Waals surface area contributed by atoms with Crippen LogP contribution in [0.3, 0.4) is 0 Å². The van der Waals surface area contributed by atoms with E-state index in [1.807, 2.05) is 30.3 Å². The molecule has 0 radical (unpaired) electrons. The van der Waals surface area contributed by atoms with Crippen molar-refractivity contribution in [2.45, 2.75) is 13.1 Å². The van der Waals surface area contributed by atoms with Gasteiger partial charge in [0.05, 0.1) is 19.9 Å². The van der Waals surface area contributed by atoms with E-state index in [4.69, 9.17) is 9.15 Å². The summed E-state index contributed by atoms with van der Waals surface area (Å²) in [6.45, 7) is 0.372. The Morgan fingerprint density at radius 1 is 1.12 bits per heavy atom. The van der Waals surface area contributed by atoms with Crippen LogP contribution in [0.2, 0.25) is 0 Å². The zero-order valence-electron chi connectivity index (χ0n) is 18.4. The summed E-state index contributed by atoms with van der Waals surface area (Å²) in [6.07, 6.45) is 4.84. The smallest absolute Gasteiger partial charge is 0.266 e. The van der Waals surface area contributed by atoms with Gasteiger partial charge in [0.25, 0.3) is 5.91 Å². The number of ether oxygens (including phenoxy) is 1. The molecule has 2 N–H and O–H groups in total. The van der Waals surface area contributed by atoms with E-state index >= 15 is 0 Å². The van der Waals surface area contributed by atoms with Gasteiger partial charge in [-0.25, -0.2) is 0 Å². The Labute approximate surface area is 196 Å². The minimum absolute atomic E-state index is 0.0546. The molecule has 0 atom stereocenters. The molecule has 170 valence electrons. The van der Waals surface area contributed by atoms with Crippen molar-refractivity contribution < 1.29 is 18.7 Å². The fourth-order valence-corrected chi connectivity index (χ4v) is 3.51. The number of hydrogen-bond donors (Lipinski definition) is 2. The molecule has 2 aromatic carbocycles. The number of rotatable bonds is 8. The predicted molar refractivity (Wildman–Crippen MR) is 128 cm³/mol. The van der Waals surface area contributed by atoms with Crippen molar-refractivity contribution in [2.75, 3.05) is 12.4 Å². The maximum absolute atomic E-state index is 12.7. The highest BCUT2D eigenvalue weighted by atomic mass is 16.5. The maximum atomic E-state index is 12.7. The van der Waals surface area contributed by atoms with Crippen molar-refractivity contribution in [2.24, 2.45) is 0 Å². The van der Waals surface area contributed by atoms with Crippen molar-refractivity contribution >= 4 is 34.5 Å². The molecule has 2 heterocycles. The first kappa shape index (κ1) is 22.4. The fourth-order valence-electron chi connectivity index (χ4n) is 3.51. The number of carbonyl (C=O) groups is 2. The monoisotopic (exact) mass is 454 g/mol. The summed E-state index contributed by atoms with van der Waals surface area (Å²) in [5.41, 5.74) is 1.97. The van der Waals surface area contributed by atoms with Gasteiger partial charge in [0.1, 0.15) is 29.7 Å². The minimum Gasteiger partial charge on any atom is -0.497 e. The molecule has 2 aromatic heterocycles. The Kier molecular flexibility index (Phi) is 6.75. The van der Waals surface area contributed by atoms with Crippen LogP contribution in [-0.2, 0) is 22.7 Å². The number of fused-ring (bicyclic) bond motifs is 1. The Morgan fingerprint density at radius 2 is 1.91 bits per heavy atom. The van der Waals surface area contributed by atoms with E-state index in [0.717, 1.165) is 10.9 Å². The van der Waals surface area contributed by atoms with Crippen molar-refractivity contribution in [1.82, 2.24) is 9.88 Å². The second-order valence-corrected chi connectivity index (χ2v) is 7.44. The van der Waals surface area contributed by atoms with Crippen LogP contribution in [0.4, 0.5) is 5.69 Å². The van der Waals surface area contributed by atoms with Crippen LogP contribution in [0.1, 0.15) is 11.3 Å². The molecule has 0 unspecified atom stereocenters. The molecular formula is C26H22N4O4. The standard InChI is InChI=1S/C26H22N4O4/c1-33-21-10-8-20(9-11-21)29-26(32)18(14-27)13-19-16-30(24-7-3-2-6-23(19)24)17-25(31)28-15-22-5-4-12-34-22/h2-13,16H,15,17H2,1H3,(H,28,31)(H,29,32)/b18-13+. The molecule has 0 aliphatic rings. The highest BCUT2D eigenvalue weighted by Gasteiger charge is 2.14. The van der Waals surface area contributed by atoms with E-state index in [2.05, 4.69) is 10.6 Å². The molecule has 0 saturated carbocycles. The summed E-state index contributed by atoms with van der Waals surface area (Å²) >= 11 is 0. The van der Waals surface area contributed by atoms with Gasteiger partial charge in [-0.3, -0.25) is 9.59 Å². The summed E-state index contributed by atoms with van der Waals surface area (Å²) < 4.78 is 12.1.